The van der Waals surface area contributed by atoms with E-state index >= 15 is 0 Å². The molecule has 2 heterocycles. The summed E-state index contributed by atoms with van der Waals surface area (Å²) in [5, 5.41) is 3.29. The van der Waals surface area contributed by atoms with Gasteiger partial charge in [-0.05, 0) is 30.7 Å². The van der Waals surface area contributed by atoms with E-state index in [0.717, 1.165) is 4.88 Å². The molecular weight excluding hydrogens is 361 g/mol. The number of anilines is 1. The number of hydrogen-bond acceptors (Lipinski definition) is 5. The lowest BCUT2D eigenvalue weighted by Gasteiger charge is -2.21. The summed E-state index contributed by atoms with van der Waals surface area (Å²) < 4.78 is 13.2. The first-order chi connectivity index (χ1) is 12.0. The topological polar surface area (TPSA) is 62.3 Å². The summed E-state index contributed by atoms with van der Waals surface area (Å²) in [6.07, 6.45) is 4.61. The van der Waals surface area contributed by atoms with Gasteiger partial charge in [0.1, 0.15) is 11.9 Å². The van der Waals surface area contributed by atoms with Crippen LogP contribution in [0.25, 0.3) is 6.08 Å². The fraction of sp³-hybridized carbons (Fsp3) is 0.235. The minimum Gasteiger partial charge on any atom is -0.317 e. The number of carbonyl (C=O) groups excluding carboxylic acids is 2. The van der Waals surface area contributed by atoms with E-state index in [-0.39, 0.29) is 17.6 Å². The van der Waals surface area contributed by atoms with Crippen molar-refractivity contribution in [1.29, 1.82) is 0 Å². The van der Waals surface area contributed by atoms with E-state index in [0.29, 0.717) is 22.3 Å². The normalized spacial score (nSPS) is 17.2. The summed E-state index contributed by atoms with van der Waals surface area (Å²) in [5.41, 5.74) is 0.597. The number of carbonyl (C=O) groups is 2. The van der Waals surface area contributed by atoms with E-state index < -0.39 is 6.04 Å². The Morgan fingerprint density at radius 2 is 2.28 bits per heavy atom. The molecule has 3 rings (SSSR count). The molecule has 1 fully saturated rings. The maximum Gasteiger partial charge on any atom is 0.249 e. The Hall–Kier alpha value is -2.19. The van der Waals surface area contributed by atoms with Gasteiger partial charge in [0.25, 0.3) is 0 Å². The number of rotatable bonds is 4. The lowest BCUT2D eigenvalue weighted by molar-refractivity contribution is -0.132. The Morgan fingerprint density at radius 1 is 1.44 bits per heavy atom. The van der Waals surface area contributed by atoms with Gasteiger partial charge in [0, 0.05) is 22.9 Å². The largest absolute Gasteiger partial charge is 0.317 e. The summed E-state index contributed by atoms with van der Waals surface area (Å²) in [7, 11) is 0. The third kappa shape index (κ3) is 4.46. The van der Waals surface area contributed by atoms with E-state index in [2.05, 4.69) is 10.3 Å². The van der Waals surface area contributed by atoms with E-state index in [1.165, 1.54) is 46.2 Å². The van der Waals surface area contributed by atoms with E-state index in [9.17, 15) is 14.0 Å². The summed E-state index contributed by atoms with van der Waals surface area (Å²) >= 11 is 2.91. The minimum absolute atomic E-state index is 0.244. The van der Waals surface area contributed by atoms with Crippen LogP contribution < -0.4 is 5.32 Å². The molecule has 1 saturated heterocycles. The first kappa shape index (κ1) is 17.6. The summed E-state index contributed by atoms with van der Waals surface area (Å²) in [4.78, 5) is 31.5. The van der Waals surface area contributed by atoms with Gasteiger partial charge in [0.15, 0.2) is 5.13 Å². The van der Waals surface area contributed by atoms with Crippen LogP contribution in [0.5, 0.6) is 0 Å². The molecule has 0 radical (unpaired) electrons. The molecule has 1 atom stereocenters. The molecule has 1 unspecified atom stereocenters. The standard InChI is InChI=1S/C17H16FN3O2S2/c1-11-8-19-17(25-11)20-16(23)14-9-24-10-21(14)15(22)6-5-12-3-2-4-13(18)7-12/h2-8,14H,9-10H2,1H3,(H,19,20,23)/b6-5+. The Labute approximate surface area is 152 Å². The maximum absolute atomic E-state index is 13.2. The lowest BCUT2D eigenvalue weighted by atomic mass is 10.2. The van der Waals surface area contributed by atoms with Gasteiger partial charge >= 0.3 is 0 Å². The van der Waals surface area contributed by atoms with Crippen molar-refractivity contribution in [1.82, 2.24) is 9.88 Å². The molecule has 1 aliphatic rings. The van der Waals surface area contributed by atoms with Crippen molar-refractivity contribution in [2.75, 3.05) is 16.9 Å². The van der Waals surface area contributed by atoms with Crippen molar-refractivity contribution >= 4 is 46.1 Å². The molecule has 0 aliphatic carbocycles. The summed E-state index contributed by atoms with van der Waals surface area (Å²) in [6.45, 7) is 1.91. The highest BCUT2D eigenvalue weighted by molar-refractivity contribution is 7.99. The molecule has 0 bridgehead atoms. The van der Waals surface area contributed by atoms with Crippen LogP contribution in [0.4, 0.5) is 9.52 Å². The van der Waals surface area contributed by atoms with Crippen molar-refractivity contribution in [2.45, 2.75) is 13.0 Å². The minimum atomic E-state index is -0.543. The number of nitrogens with one attached hydrogen (secondary N) is 1. The van der Waals surface area contributed by atoms with Gasteiger partial charge in [-0.2, -0.15) is 0 Å². The smallest absolute Gasteiger partial charge is 0.249 e. The van der Waals surface area contributed by atoms with Crippen LogP contribution in [-0.2, 0) is 9.59 Å². The number of aromatic nitrogens is 1. The first-order valence-electron chi connectivity index (χ1n) is 7.58. The average molecular weight is 377 g/mol. The summed E-state index contributed by atoms with van der Waals surface area (Å²) in [6, 6.07) is 5.44. The second-order valence-electron chi connectivity index (χ2n) is 5.48. The van der Waals surface area contributed by atoms with Crippen LogP contribution in [0.3, 0.4) is 0 Å². The van der Waals surface area contributed by atoms with Crippen LogP contribution in [0.1, 0.15) is 10.4 Å². The fourth-order valence-electron chi connectivity index (χ4n) is 2.35. The Balaban J connectivity index is 1.66. The number of hydrogen-bond donors (Lipinski definition) is 1. The van der Waals surface area contributed by atoms with Gasteiger partial charge in [-0.3, -0.25) is 9.59 Å². The molecule has 0 saturated carbocycles. The zero-order valence-corrected chi connectivity index (χ0v) is 15.1. The first-order valence-corrected chi connectivity index (χ1v) is 9.55. The van der Waals surface area contributed by atoms with Crippen molar-refractivity contribution in [3.05, 3.63) is 52.8 Å². The van der Waals surface area contributed by atoms with Gasteiger partial charge in [-0.15, -0.1) is 23.1 Å². The second-order valence-corrected chi connectivity index (χ2v) is 7.71. The third-order valence-corrected chi connectivity index (χ3v) is 5.43. The molecule has 1 aromatic carbocycles. The molecule has 5 nitrogen and oxygen atoms in total. The molecule has 25 heavy (non-hydrogen) atoms. The molecule has 2 amide bonds. The predicted molar refractivity (Wildman–Crippen MR) is 98.9 cm³/mol. The van der Waals surface area contributed by atoms with Crippen LogP contribution >= 0.6 is 23.1 Å². The molecular formula is C17H16FN3O2S2. The quantitative estimate of drug-likeness (QED) is 0.832. The van der Waals surface area contributed by atoms with Crippen molar-refractivity contribution < 1.29 is 14.0 Å². The zero-order chi connectivity index (χ0) is 17.8. The number of thioether (sulfide) groups is 1. The maximum atomic E-state index is 13.2. The molecule has 1 aliphatic heterocycles. The molecule has 130 valence electrons. The van der Waals surface area contributed by atoms with E-state index in [4.69, 9.17) is 0 Å². The molecule has 2 aromatic rings. The highest BCUT2D eigenvalue weighted by Gasteiger charge is 2.34. The van der Waals surface area contributed by atoms with E-state index in [1.54, 1.807) is 24.4 Å². The molecule has 1 N–H and O–H groups in total. The van der Waals surface area contributed by atoms with Crippen LogP contribution in [0.15, 0.2) is 36.5 Å². The van der Waals surface area contributed by atoms with Crippen molar-refractivity contribution in [2.24, 2.45) is 0 Å². The fourth-order valence-corrected chi connectivity index (χ4v) is 4.18. The monoisotopic (exact) mass is 377 g/mol. The number of amides is 2. The second kappa shape index (κ2) is 7.79. The predicted octanol–water partition coefficient (Wildman–Crippen LogP) is 3.14. The lowest BCUT2D eigenvalue weighted by Crippen LogP contribution is -2.43. The molecule has 0 spiro atoms. The highest BCUT2D eigenvalue weighted by atomic mass is 32.2. The van der Waals surface area contributed by atoms with E-state index in [1.807, 2.05) is 6.92 Å². The van der Waals surface area contributed by atoms with Crippen LogP contribution in [-0.4, -0.2) is 39.4 Å². The molecule has 1 aromatic heterocycles. The Kier molecular flexibility index (Phi) is 5.50. The Bertz CT molecular complexity index is 822. The van der Waals surface area contributed by atoms with Crippen LogP contribution in [0, 0.1) is 12.7 Å². The van der Waals surface area contributed by atoms with Gasteiger partial charge in [0.05, 0.1) is 5.88 Å². The number of nitrogens with zero attached hydrogens (tertiary/aromatic N) is 2. The number of thiazole rings is 1. The van der Waals surface area contributed by atoms with Crippen LogP contribution in [0.2, 0.25) is 0 Å². The van der Waals surface area contributed by atoms with Gasteiger partial charge in [0.2, 0.25) is 11.8 Å². The van der Waals surface area contributed by atoms with Gasteiger partial charge in [-0.1, -0.05) is 12.1 Å². The third-order valence-electron chi connectivity index (χ3n) is 3.59. The van der Waals surface area contributed by atoms with Crippen molar-refractivity contribution in [3.8, 4) is 0 Å². The van der Waals surface area contributed by atoms with Crippen molar-refractivity contribution in [3.63, 3.8) is 0 Å². The van der Waals surface area contributed by atoms with Gasteiger partial charge < -0.3 is 10.2 Å². The SMILES string of the molecule is Cc1cnc(NC(=O)C2CSCN2C(=O)/C=C/c2cccc(F)c2)s1. The molecule has 8 heteroatoms. The summed E-state index contributed by atoms with van der Waals surface area (Å²) in [5.74, 6) is 0.107. The number of aryl methyl sites for hydroxylation is 1. The zero-order valence-electron chi connectivity index (χ0n) is 13.4. The van der Waals surface area contributed by atoms with Gasteiger partial charge in [-0.25, -0.2) is 9.37 Å². The Morgan fingerprint density at radius 3 is 3.00 bits per heavy atom. The highest BCUT2D eigenvalue weighted by Crippen LogP contribution is 2.24. The number of benzene rings is 1. The average Bonchev–Trinajstić information content (AvgIpc) is 3.22. The number of halogens is 1.